The third-order valence-electron chi connectivity index (χ3n) is 2.90. The van der Waals surface area contributed by atoms with Crippen LogP contribution in [0, 0.1) is 12.7 Å². The Balaban J connectivity index is 2.13. The number of aryl methyl sites for hydroxylation is 2. The maximum Gasteiger partial charge on any atom is 0.251 e. The van der Waals surface area contributed by atoms with Crippen LogP contribution < -0.4 is 5.32 Å². The van der Waals surface area contributed by atoms with Crippen molar-refractivity contribution in [3.8, 4) is 0 Å². The summed E-state index contributed by atoms with van der Waals surface area (Å²) in [6, 6.07) is 4.00. The number of hydrogen-bond acceptors (Lipinski definition) is 3. The Morgan fingerprint density at radius 3 is 2.79 bits per heavy atom. The SMILES string of the molecule is Cc1cc(C(=O)NC(C)c2nncn2C)ccc1F. The molecule has 1 N–H and O–H groups in total. The smallest absolute Gasteiger partial charge is 0.251 e. The molecule has 0 fully saturated rings. The first-order chi connectivity index (χ1) is 8.99. The lowest BCUT2D eigenvalue weighted by atomic mass is 10.1. The van der Waals surface area contributed by atoms with Crippen LogP contribution in [0.2, 0.25) is 0 Å². The number of nitrogens with zero attached hydrogens (tertiary/aromatic N) is 3. The number of carbonyl (C=O) groups excluding carboxylic acids is 1. The van der Waals surface area contributed by atoms with E-state index < -0.39 is 0 Å². The number of rotatable bonds is 3. The Labute approximate surface area is 110 Å². The van der Waals surface area contributed by atoms with Crippen LogP contribution in [0.4, 0.5) is 4.39 Å². The molecular weight excluding hydrogens is 247 g/mol. The molecule has 6 heteroatoms. The van der Waals surface area contributed by atoms with Gasteiger partial charge in [0.25, 0.3) is 5.91 Å². The average Bonchev–Trinajstić information content (AvgIpc) is 2.79. The minimum atomic E-state index is -0.321. The molecule has 0 saturated heterocycles. The van der Waals surface area contributed by atoms with Crippen molar-refractivity contribution in [2.24, 2.45) is 7.05 Å². The van der Waals surface area contributed by atoms with Gasteiger partial charge in [0.1, 0.15) is 12.1 Å². The number of hydrogen-bond donors (Lipinski definition) is 1. The quantitative estimate of drug-likeness (QED) is 0.916. The van der Waals surface area contributed by atoms with Gasteiger partial charge < -0.3 is 9.88 Å². The molecule has 1 atom stereocenters. The van der Waals surface area contributed by atoms with Gasteiger partial charge in [-0.2, -0.15) is 0 Å². The van der Waals surface area contributed by atoms with Crippen LogP contribution >= 0.6 is 0 Å². The Bertz CT molecular complexity index is 608. The Hall–Kier alpha value is -2.24. The highest BCUT2D eigenvalue weighted by Gasteiger charge is 2.15. The maximum atomic E-state index is 13.1. The lowest BCUT2D eigenvalue weighted by Gasteiger charge is -2.13. The molecule has 1 unspecified atom stereocenters. The predicted molar refractivity (Wildman–Crippen MR) is 68.0 cm³/mol. The Kier molecular flexibility index (Phi) is 3.59. The van der Waals surface area contributed by atoms with E-state index >= 15 is 0 Å². The zero-order valence-electron chi connectivity index (χ0n) is 11.0. The maximum absolute atomic E-state index is 13.1. The fourth-order valence-corrected chi connectivity index (χ4v) is 1.81. The van der Waals surface area contributed by atoms with E-state index in [9.17, 15) is 9.18 Å². The number of benzene rings is 1. The van der Waals surface area contributed by atoms with Crippen LogP contribution in [0.3, 0.4) is 0 Å². The summed E-state index contributed by atoms with van der Waals surface area (Å²) >= 11 is 0. The summed E-state index contributed by atoms with van der Waals surface area (Å²) in [5.41, 5.74) is 0.867. The second-order valence-corrected chi connectivity index (χ2v) is 4.46. The summed E-state index contributed by atoms with van der Waals surface area (Å²) in [5, 5.41) is 10.5. The lowest BCUT2D eigenvalue weighted by Crippen LogP contribution is -2.28. The van der Waals surface area contributed by atoms with Crippen molar-refractivity contribution in [1.29, 1.82) is 0 Å². The van der Waals surface area contributed by atoms with Gasteiger partial charge in [0.05, 0.1) is 6.04 Å². The molecule has 0 radical (unpaired) electrons. The van der Waals surface area contributed by atoms with Crippen molar-refractivity contribution in [2.45, 2.75) is 19.9 Å². The molecule has 2 aromatic rings. The first kappa shape index (κ1) is 13.2. The molecule has 0 aliphatic heterocycles. The molecule has 0 aliphatic rings. The molecule has 1 heterocycles. The van der Waals surface area contributed by atoms with Gasteiger partial charge >= 0.3 is 0 Å². The lowest BCUT2D eigenvalue weighted by molar-refractivity contribution is 0.0937. The number of carbonyl (C=O) groups is 1. The van der Waals surface area contributed by atoms with Crippen molar-refractivity contribution in [2.75, 3.05) is 0 Å². The zero-order chi connectivity index (χ0) is 14.0. The molecule has 5 nitrogen and oxygen atoms in total. The highest BCUT2D eigenvalue weighted by molar-refractivity contribution is 5.94. The largest absolute Gasteiger partial charge is 0.342 e. The molecule has 2 rings (SSSR count). The van der Waals surface area contributed by atoms with Gasteiger partial charge in [-0.3, -0.25) is 4.79 Å². The summed E-state index contributed by atoms with van der Waals surface area (Å²) in [6.07, 6.45) is 1.57. The second-order valence-electron chi connectivity index (χ2n) is 4.46. The molecule has 0 bridgehead atoms. The first-order valence-corrected chi connectivity index (χ1v) is 5.90. The van der Waals surface area contributed by atoms with E-state index in [1.165, 1.54) is 18.2 Å². The first-order valence-electron chi connectivity index (χ1n) is 5.90. The standard InChI is InChI=1S/C13H15FN4O/c1-8-6-10(4-5-11(8)14)13(19)16-9(2)12-17-15-7-18(12)3/h4-7,9H,1-3H3,(H,16,19). The van der Waals surface area contributed by atoms with Crippen LogP contribution in [0.25, 0.3) is 0 Å². The molecule has 1 amide bonds. The number of amides is 1. The minimum absolute atomic E-state index is 0.265. The highest BCUT2D eigenvalue weighted by atomic mass is 19.1. The molecule has 19 heavy (non-hydrogen) atoms. The fourth-order valence-electron chi connectivity index (χ4n) is 1.81. The fraction of sp³-hybridized carbons (Fsp3) is 0.308. The van der Waals surface area contributed by atoms with Crippen LogP contribution in [0.15, 0.2) is 24.5 Å². The normalized spacial score (nSPS) is 12.2. The zero-order valence-corrected chi connectivity index (χ0v) is 11.0. The monoisotopic (exact) mass is 262 g/mol. The highest BCUT2D eigenvalue weighted by Crippen LogP contribution is 2.12. The van der Waals surface area contributed by atoms with Gasteiger partial charge in [0.2, 0.25) is 0 Å². The Morgan fingerprint density at radius 2 is 2.21 bits per heavy atom. The molecule has 1 aromatic heterocycles. The Morgan fingerprint density at radius 1 is 1.47 bits per heavy atom. The summed E-state index contributed by atoms with van der Waals surface area (Å²) in [5.74, 6) is 0.0729. The van der Waals surface area contributed by atoms with Gasteiger partial charge in [-0.25, -0.2) is 4.39 Å². The van der Waals surface area contributed by atoms with Gasteiger partial charge in [-0.1, -0.05) is 0 Å². The van der Waals surface area contributed by atoms with Gasteiger partial charge in [-0.05, 0) is 37.6 Å². The summed E-state index contributed by atoms with van der Waals surface area (Å²) in [4.78, 5) is 12.0. The van der Waals surface area contributed by atoms with E-state index in [0.717, 1.165) is 0 Å². The van der Waals surface area contributed by atoms with Crippen molar-refractivity contribution >= 4 is 5.91 Å². The van der Waals surface area contributed by atoms with E-state index in [1.54, 1.807) is 24.9 Å². The summed E-state index contributed by atoms with van der Waals surface area (Å²) < 4.78 is 14.9. The molecular formula is C13H15FN4O. The van der Waals surface area contributed by atoms with E-state index in [-0.39, 0.29) is 17.8 Å². The van der Waals surface area contributed by atoms with Gasteiger partial charge in [-0.15, -0.1) is 10.2 Å². The molecule has 0 aliphatic carbocycles. The van der Waals surface area contributed by atoms with Crippen molar-refractivity contribution < 1.29 is 9.18 Å². The van der Waals surface area contributed by atoms with Crippen LogP contribution in [0.5, 0.6) is 0 Å². The van der Waals surface area contributed by atoms with Crippen LogP contribution in [-0.4, -0.2) is 20.7 Å². The summed E-state index contributed by atoms with van der Waals surface area (Å²) in [7, 11) is 1.81. The summed E-state index contributed by atoms with van der Waals surface area (Å²) in [6.45, 7) is 3.44. The van der Waals surface area contributed by atoms with Crippen LogP contribution in [-0.2, 0) is 7.05 Å². The molecule has 1 aromatic carbocycles. The third kappa shape index (κ3) is 2.78. The van der Waals surface area contributed by atoms with E-state index in [2.05, 4.69) is 15.5 Å². The predicted octanol–water partition coefficient (Wildman–Crippen LogP) is 1.75. The van der Waals surface area contributed by atoms with Gasteiger partial charge in [0.15, 0.2) is 5.82 Å². The number of nitrogens with one attached hydrogen (secondary N) is 1. The van der Waals surface area contributed by atoms with E-state index in [1.807, 2.05) is 6.92 Å². The average molecular weight is 262 g/mol. The molecule has 0 spiro atoms. The number of halogens is 1. The van der Waals surface area contributed by atoms with Crippen molar-refractivity contribution in [1.82, 2.24) is 20.1 Å². The molecule has 0 saturated carbocycles. The molecule has 100 valence electrons. The van der Waals surface area contributed by atoms with Crippen molar-refractivity contribution in [3.05, 3.63) is 47.3 Å². The number of aromatic nitrogens is 3. The van der Waals surface area contributed by atoms with E-state index in [0.29, 0.717) is 17.0 Å². The topological polar surface area (TPSA) is 59.8 Å². The van der Waals surface area contributed by atoms with E-state index in [4.69, 9.17) is 0 Å². The van der Waals surface area contributed by atoms with Crippen LogP contribution in [0.1, 0.15) is 34.7 Å². The van der Waals surface area contributed by atoms with Crippen molar-refractivity contribution in [3.63, 3.8) is 0 Å². The second kappa shape index (κ2) is 5.17. The third-order valence-corrected chi connectivity index (χ3v) is 2.90. The van der Waals surface area contributed by atoms with Gasteiger partial charge in [0, 0.05) is 12.6 Å². The minimum Gasteiger partial charge on any atom is -0.342 e.